The molecule has 0 radical (unpaired) electrons. The van der Waals surface area contributed by atoms with Crippen LogP contribution < -0.4 is 0 Å². The van der Waals surface area contributed by atoms with Crippen LogP contribution in [-0.2, 0) is 0 Å². The average molecular weight is 346 g/mol. The molecule has 0 amide bonds. The molecule has 0 atom stereocenters. The molecule has 3 aromatic rings. The number of carbonyl (C=O) groups excluding carboxylic acids is 1. The van der Waals surface area contributed by atoms with Gasteiger partial charge in [-0.2, -0.15) is 0 Å². The minimum Gasteiger partial charge on any atom is -0.360 e. The number of nitrogens with one attached hydrogen (secondary N) is 1. The molecule has 100 valence electrons. The summed E-state index contributed by atoms with van der Waals surface area (Å²) in [6, 6.07) is 13.6. The molecule has 4 heteroatoms. The fraction of sp³-hybridized carbons (Fsp3) is 0.0625. The van der Waals surface area contributed by atoms with Gasteiger partial charge in [-0.3, -0.25) is 4.79 Å². The van der Waals surface area contributed by atoms with Gasteiger partial charge in [0.1, 0.15) is 0 Å². The van der Waals surface area contributed by atoms with Crippen LogP contribution in [0.3, 0.4) is 0 Å². The van der Waals surface area contributed by atoms with Crippen LogP contribution in [0, 0.1) is 0 Å². The number of aromatic amines is 1. The number of aromatic nitrogens is 1. The first-order valence-electron chi connectivity index (χ1n) is 6.15. The third-order valence-corrected chi connectivity index (χ3v) is 4.71. The summed E-state index contributed by atoms with van der Waals surface area (Å²) in [7, 11) is 0. The van der Waals surface area contributed by atoms with E-state index >= 15 is 0 Å². The molecule has 1 heterocycles. The van der Waals surface area contributed by atoms with Crippen LogP contribution in [0.25, 0.3) is 10.9 Å². The van der Waals surface area contributed by atoms with E-state index in [2.05, 4.69) is 20.9 Å². The van der Waals surface area contributed by atoms with Crippen LogP contribution >= 0.6 is 27.7 Å². The number of ketones is 1. The van der Waals surface area contributed by atoms with Gasteiger partial charge in [-0.15, -0.1) is 11.8 Å². The fourth-order valence-electron chi connectivity index (χ4n) is 2.30. The zero-order valence-corrected chi connectivity index (χ0v) is 13.2. The molecule has 2 aromatic carbocycles. The van der Waals surface area contributed by atoms with Crippen molar-refractivity contribution in [1.82, 2.24) is 4.98 Å². The maximum Gasteiger partial charge on any atom is 0.196 e. The van der Waals surface area contributed by atoms with Crippen molar-refractivity contribution >= 4 is 44.4 Å². The van der Waals surface area contributed by atoms with Gasteiger partial charge < -0.3 is 4.98 Å². The summed E-state index contributed by atoms with van der Waals surface area (Å²) < 4.78 is 0.932. The first kappa shape index (κ1) is 13.5. The van der Waals surface area contributed by atoms with E-state index in [1.807, 2.05) is 48.7 Å². The third-order valence-electron chi connectivity index (χ3n) is 3.25. The molecule has 20 heavy (non-hydrogen) atoms. The second-order valence-corrected chi connectivity index (χ2v) is 6.10. The van der Waals surface area contributed by atoms with Gasteiger partial charge in [-0.25, -0.2) is 0 Å². The molecule has 0 aliphatic rings. The van der Waals surface area contributed by atoms with Crippen LogP contribution in [0.2, 0.25) is 0 Å². The van der Waals surface area contributed by atoms with E-state index in [0.29, 0.717) is 5.56 Å². The number of hydrogen-bond donors (Lipinski definition) is 1. The summed E-state index contributed by atoms with van der Waals surface area (Å²) in [5.41, 5.74) is 2.41. The molecule has 0 unspecified atom stereocenters. The molecule has 1 N–H and O–H groups in total. The monoisotopic (exact) mass is 345 g/mol. The van der Waals surface area contributed by atoms with Crippen molar-refractivity contribution in [3.63, 3.8) is 0 Å². The molecule has 0 bridgehead atoms. The molecule has 0 saturated carbocycles. The summed E-state index contributed by atoms with van der Waals surface area (Å²) in [4.78, 5) is 17.0. The second kappa shape index (κ2) is 5.46. The number of halogens is 1. The Labute approximate surface area is 129 Å². The van der Waals surface area contributed by atoms with Gasteiger partial charge in [0.05, 0.1) is 0 Å². The molecule has 0 fully saturated rings. The smallest absolute Gasteiger partial charge is 0.196 e. The minimum absolute atomic E-state index is 0.0492. The summed E-state index contributed by atoms with van der Waals surface area (Å²) in [5.74, 6) is 0.0492. The van der Waals surface area contributed by atoms with Gasteiger partial charge in [-0.05, 0) is 30.5 Å². The SMILES string of the molecule is CSc1ccccc1C(=O)c1c[nH]c2cccc(Br)c12. The number of thioether (sulfide) groups is 1. The topological polar surface area (TPSA) is 32.9 Å². The number of rotatable bonds is 3. The van der Waals surface area contributed by atoms with Crippen molar-refractivity contribution in [1.29, 1.82) is 0 Å². The second-order valence-electron chi connectivity index (χ2n) is 4.39. The highest BCUT2D eigenvalue weighted by atomic mass is 79.9. The summed E-state index contributed by atoms with van der Waals surface area (Å²) in [6.45, 7) is 0. The van der Waals surface area contributed by atoms with Crippen LogP contribution in [0.5, 0.6) is 0 Å². The Morgan fingerprint density at radius 2 is 1.90 bits per heavy atom. The predicted molar refractivity (Wildman–Crippen MR) is 87.7 cm³/mol. The Morgan fingerprint density at radius 1 is 1.10 bits per heavy atom. The van der Waals surface area contributed by atoms with E-state index in [4.69, 9.17) is 0 Å². The van der Waals surface area contributed by atoms with Crippen molar-refractivity contribution in [2.75, 3.05) is 6.26 Å². The molecule has 0 saturated heterocycles. The Balaban J connectivity index is 2.18. The average Bonchev–Trinajstić information content (AvgIpc) is 2.92. The lowest BCUT2D eigenvalue weighted by Crippen LogP contribution is -2.02. The lowest BCUT2D eigenvalue weighted by molar-refractivity contribution is 0.103. The molecular formula is C16H12BrNOS. The number of fused-ring (bicyclic) bond motifs is 1. The number of carbonyl (C=O) groups is 1. The predicted octanol–water partition coefficient (Wildman–Crippen LogP) is 4.88. The van der Waals surface area contributed by atoms with Gasteiger partial charge in [0, 0.05) is 37.6 Å². The quantitative estimate of drug-likeness (QED) is 0.541. The fourth-order valence-corrected chi connectivity index (χ4v) is 3.47. The Bertz CT molecular complexity index is 794. The molecule has 0 aliphatic heterocycles. The van der Waals surface area contributed by atoms with Crippen LogP contribution in [0.15, 0.2) is 58.0 Å². The summed E-state index contributed by atoms with van der Waals surface area (Å²) >= 11 is 5.11. The van der Waals surface area contributed by atoms with Crippen molar-refractivity contribution < 1.29 is 4.79 Å². The standard InChI is InChI=1S/C16H12BrNOS/c1-20-14-8-3-2-5-10(14)16(19)11-9-18-13-7-4-6-12(17)15(11)13/h2-9,18H,1H3. The summed E-state index contributed by atoms with van der Waals surface area (Å²) in [5, 5.41) is 0.938. The maximum absolute atomic E-state index is 12.8. The molecule has 2 nitrogen and oxygen atoms in total. The van der Waals surface area contributed by atoms with E-state index in [1.165, 1.54) is 0 Å². The Morgan fingerprint density at radius 3 is 2.70 bits per heavy atom. The highest BCUT2D eigenvalue weighted by Crippen LogP contribution is 2.30. The van der Waals surface area contributed by atoms with Crippen LogP contribution in [-0.4, -0.2) is 17.0 Å². The minimum atomic E-state index is 0.0492. The normalized spacial score (nSPS) is 10.9. The number of benzene rings is 2. The molecular weight excluding hydrogens is 334 g/mol. The lowest BCUT2D eigenvalue weighted by atomic mass is 10.0. The van der Waals surface area contributed by atoms with E-state index in [1.54, 1.807) is 18.0 Å². The summed E-state index contributed by atoms with van der Waals surface area (Å²) in [6.07, 6.45) is 3.77. The highest BCUT2D eigenvalue weighted by Gasteiger charge is 2.18. The molecule has 0 spiro atoms. The molecule has 3 rings (SSSR count). The van der Waals surface area contributed by atoms with Crippen LogP contribution in [0.4, 0.5) is 0 Å². The van der Waals surface area contributed by atoms with Crippen LogP contribution in [0.1, 0.15) is 15.9 Å². The largest absolute Gasteiger partial charge is 0.360 e. The van der Waals surface area contributed by atoms with E-state index in [-0.39, 0.29) is 5.78 Å². The highest BCUT2D eigenvalue weighted by molar-refractivity contribution is 9.10. The van der Waals surface area contributed by atoms with Crippen molar-refractivity contribution in [3.8, 4) is 0 Å². The van der Waals surface area contributed by atoms with E-state index in [9.17, 15) is 4.79 Å². The maximum atomic E-state index is 12.8. The number of H-pyrrole nitrogens is 1. The van der Waals surface area contributed by atoms with Gasteiger partial charge in [0.2, 0.25) is 0 Å². The van der Waals surface area contributed by atoms with Gasteiger partial charge in [0.25, 0.3) is 0 Å². The third kappa shape index (κ3) is 2.19. The molecule has 1 aromatic heterocycles. The number of hydrogen-bond acceptors (Lipinski definition) is 2. The van der Waals surface area contributed by atoms with Crippen molar-refractivity contribution in [2.45, 2.75) is 4.90 Å². The first-order chi connectivity index (χ1) is 9.72. The zero-order chi connectivity index (χ0) is 14.1. The van der Waals surface area contributed by atoms with Crippen molar-refractivity contribution in [3.05, 3.63) is 64.3 Å². The van der Waals surface area contributed by atoms with E-state index in [0.717, 1.165) is 25.8 Å². The first-order valence-corrected chi connectivity index (χ1v) is 8.17. The Hall–Kier alpha value is -1.52. The van der Waals surface area contributed by atoms with E-state index < -0.39 is 0 Å². The van der Waals surface area contributed by atoms with Gasteiger partial charge >= 0.3 is 0 Å². The lowest BCUT2D eigenvalue weighted by Gasteiger charge is -2.06. The van der Waals surface area contributed by atoms with Gasteiger partial charge in [0.15, 0.2) is 5.78 Å². The van der Waals surface area contributed by atoms with Gasteiger partial charge in [-0.1, -0.05) is 34.1 Å². The zero-order valence-electron chi connectivity index (χ0n) is 10.8. The Kier molecular flexibility index (Phi) is 3.68. The van der Waals surface area contributed by atoms with Crippen molar-refractivity contribution in [2.24, 2.45) is 0 Å². The molecule has 0 aliphatic carbocycles.